The van der Waals surface area contributed by atoms with Gasteiger partial charge in [-0.25, -0.2) is 13.8 Å². The maximum atomic E-state index is 13.4. The molecular weight excluding hydrogens is 380 g/mol. The maximum absolute atomic E-state index is 13.4. The number of benzene rings is 1. The molecule has 0 bridgehead atoms. The maximum Gasteiger partial charge on any atom is 0.276 e. The molecule has 2 amide bonds. The van der Waals surface area contributed by atoms with Crippen LogP contribution in [0.15, 0.2) is 22.6 Å². The SMILES string of the molecule is Cc1oc(C2CCN(C(=O)c3cc(F)cc(F)c3)CC2)nc1C(=O)N1CCCC1. The summed E-state index contributed by atoms with van der Waals surface area (Å²) in [5.41, 5.74) is 0.377. The molecule has 0 spiro atoms. The van der Waals surface area contributed by atoms with Gasteiger partial charge in [-0.3, -0.25) is 9.59 Å². The van der Waals surface area contributed by atoms with Crippen LogP contribution in [0, 0.1) is 18.6 Å². The zero-order valence-electron chi connectivity index (χ0n) is 16.3. The van der Waals surface area contributed by atoms with Crippen molar-refractivity contribution in [1.82, 2.24) is 14.8 Å². The van der Waals surface area contributed by atoms with Crippen molar-refractivity contribution in [3.63, 3.8) is 0 Å². The van der Waals surface area contributed by atoms with E-state index < -0.39 is 17.5 Å². The number of hydrogen-bond donors (Lipinski definition) is 0. The molecule has 29 heavy (non-hydrogen) atoms. The van der Waals surface area contributed by atoms with Gasteiger partial charge >= 0.3 is 0 Å². The van der Waals surface area contributed by atoms with Crippen LogP contribution >= 0.6 is 0 Å². The van der Waals surface area contributed by atoms with Gasteiger partial charge in [-0.05, 0) is 44.7 Å². The van der Waals surface area contributed by atoms with Crippen LogP contribution in [-0.2, 0) is 0 Å². The minimum absolute atomic E-state index is 0.00197. The molecule has 2 aliphatic rings. The van der Waals surface area contributed by atoms with Gasteiger partial charge in [-0.15, -0.1) is 0 Å². The summed E-state index contributed by atoms with van der Waals surface area (Å²) in [7, 11) is 0. The smallest absolute Gasteiger partial charge is 0.276 e. The number of oxazole rings is 1. The van der Waals surface area contributed by atoms with E-state index in [1.54, 1.807) is 16.7 Å². The lowest BCUT2D eigenvalue weighted by Gasteiger charge is -2.30. The first-order chi connectivity index (χ1) is 13.9. The number of carbonyl (C=O) groups is 2. The summed E-state index contributed by atoms with van der Waals surface area (Å²) in [6.45, 7) is 4.11. The van der Waals surface area contributed by atoms with Crippen LogP contribution in [0.5, 0.6) is 0 Å². The van der Waals surface area contributed by atoms with Gasteiger partial charge in [0, 0.05) is 43.7 Å². The van der Waals surface area contributed by atoms with E-state index in [1.165, 1.54) is 0 Å². The standard InChI is InChI=1S/C21H23F2N3O3/c1-13-18(21(28)25-6-2-3-7-25)24-19(29-13)14-4-8-26(9-5-14)20(27)15-10-16(22)12-17(23)11-15/h10-12,14H,2-9H2,1H3. The van der Waals surface area contributed by atoms with E-state index in [0.29, 0.717) is 43.3 Å². The Kier molecular flexibility index (Phi) is 5.34. The summed E-state index contributed by atoms with van der Waals surface area (Å²) in [6, 6.07) is 2.84. The van der Waals surface area contributed by atoms with Crippen molar-refractivity contribution in [1.29, 1.82) is 0 Å². The first kappa shape index (κ1) is 19.5. The van der Waals surface area contributed by atoms with Gasteiger partial charge in [0.25, 0.3) is 11.8 Å². The van der Waals surface area contributed by atoms with Crippen molar-refractivity contribution < 1.29 is 22.8 Å². The second-order valence-electron chi connectivity index (χ2n) is 7.68. The molecule has 0 aliphatic carbocycles. The van der Waals surface area contributed by atoms with Gasteiger partial charge < -0.3 is 14.2 Å². The second-order valence-corrected chi connectivity index (χ2v) is 7.68. The predicted octanol–water partition coefficient (Wildman–Crippen LogP) is 3.52. The minimum Gasteiger partial charge on any atom is -0.445 e. The molecule has 0 N–H and O–H groups in total. The summed E-state index contributed by atoms with van der Waals surface area (Å²) < 4.78 is 32.6. The molecule has 4 rings (SSSR count). The van der Waals surface area contributed by atoms with Gasteiger partial charge in [0.05, 0.1) is 0 Å². The third-order valence-electron chi connectivity index (χ3n) is 5.65. The number of amides is 2. The number of nitrogens with zero attached hydrogens (tertiary/aromatic N) is 3. The lowest BCUT2D eigenvalue weighted by atomic mass is 9.96. The number of hydrogen-bond acceptors (Lipinski definition) is 4. The quantitative estimate of drug-likeness (QED) is 0.787. The Bertz CT molecular complexity index is 909. The monoisotopic (exact) mass is 403 g/mol. The summed E-state index contributed by atoms with van der Waals surface area (Å²) >= 11 is 0. The summed E-state index contributed by atoms with van der Waals surface area (Å²) in [6.07, 6.45) is 3.25. The summed E-state index contributed by atoms with van der Waals surface area (Å²) in [5.74, 6) is -0.977. The predicted molar refractivity (Wildman–Crippen MR) is 101 cm³/mol. The van der Waals surface area contributed by atoms with Crippen molar-refractivity contribution in [2.75, 3.05) is 26.2 Å². The van der Waals surface area contributed by atoms with E-state index in [9.17, 15) is 18.4 Å². The highest BCUT2D eigenvalue weighted by Crippen LogP contribution is 2.30. The highest BCUT2D eigenvalue weighted by Gasteiger charge is 2.31. The average Bonchev–Trinajstić information content (AvgIpc) is 3.36. The first-order valence-electron chi connectivity index (χ1n) is 9.94. The Morgan fingerprint density at radius 2 is 1.55 bits per heavy atom. The van der Waals surface area contributed by atoms with Crippen molar-refractivity contribution in [2.45, 2.75) is 38.5 Å². The average molecular weight is 403 g/mol. The number of aryl methyl sites for hydroxylation is 1. The normalized spacial score (nSPS) is 17.8. The molecule has 3 heterocycles. The van der Waals surface area contributed by atoms with E-state index >= 15 is 0 Å². The number of likely N-dealkylation sites (tertiary alicyclic amines) is 2. The zero-order valence-corrected chi connectivity index (χ0v) is 16.3. The fourth-order valence-corrected chi connectivity index (χ4v) is 4.05. The third kappa shape index (κ3) is 4.02. The molecule has 6 nitrogen and oxygen atoms in total. The number of piperidine rings is 1. The summed E-state index contributed by atoms with van der Waals surface area (Å²) in [4.78, 5) is 33.0. The molecule has 2 aromatic rings. The van der Waals surface area contributed by atoms with Gasteiger partial charge in [-0.2, -0.15) is 0 Å². The Hall–Kier alpha value is -2.77. The minimum atomic E-state index is -0.770. The van der Waals surface area contributed by atoms with Crippen LogP contribution in [0.3, 0.4) is 0 Å². The molecular formula is C21H23F2N3O3. The number of aromatic nitrogens is 1. The van der Waals surface area contributed by atoms with Crippen LogP contribution < -0.4 is 0 Å². The zero-order chi connectivity index (χ0) is 20.5. The van der Waals surface area contributed by atoms with E-state index in [1.807, 2.05) is 0 Å². The molecule has 0 unspecified atom stereocenters. The molecule has 0 saturated carbocycles. The van der Waals surface area contributed by atoms with Gasteiger partial charge in [-0.1, -0.05) is 0 Å². The Balaban J connectivity index is 1.41. The molecule has 0 atom stereocenters. The van der Waals surface area contributed by atoms with E-state index in [0.717, 1.165) is 44.1 Å². The highest BCUT2D eigenvalue weighted by molar-refractivity contribution is 5.94. The van der Waals surface area contributed by atoms with Gasteiger partial charge in [0.2, 0.25) is 0 Å². The fraction of sp³-hybridized carbons (Fsp3) is 0.476. The van der Waals surface area contributed by atoms with Crippen LogP contribution in [-0.4, -0.2) is 52.8 Å². The van der Waals surface area contributed by atoms with Crippen molar-refractivity contribution in [2.24, 2.45) is 0 Å². The molecule has 8 heteroatoms. The molecule has 154 valence electrons. The Morgan fingerprint density at radius 1 is 0.966 bits per heavy atom. The van der Waals surface area contributed by atoms with E-state index in [4.69, 9.17) is 4.42 Å². The van der Waals surface area contributed by atoms with Crippen LogP contribution in [0.4, 0.5) is 8.78 Å². The molecule has 2 aliphatic heterocycles. The Morgan fingerprint density at radius 3 is 2.17 bits per heavy atom. The van der Waals surface area contributed by atoms with Crippen LogP contribution in [0.2, 0.25) is 0 Å². The van der Waals surface area contributed by atoms with Crippen molar-refractivity contribution in [3.05, 3.63) is 52.7 Å². The van der Waals surface area contributed by atoms with E-state index in [-0.39, 0.29) is 17.4 Å². The van der Waals surface area contributed by atoms with Crippen LogP contribution in [0.25, 0.3) is 0 Å². The van der Waals surface area contributed by atoms with Crippen molar-refractivity contribution in [3.8, 4) is 0 Å². The third-order valence-corrected chi connectivity index (χ3v) is 5.65. The van der Waals surface area contributed by atoms with Gasteiger partial charge in [0.15, 0.2) is 11.6 Å². The fourth-order valence-electron chi connectivity index (χ4n) is 4.05. The highest BCUT2D eigenvalue weighted by atomic mass is 19.1. The molecule has 0 radical (unpaired) electrons. The van der Waals surface area contributed by atoms with Crippen molar-refractivity contribution >= 4 is 11.8 Å². The Labute approximate surface area is 167 Å². The molecule has 1 aromatic heterocycles. The lowest BCUT2D eigenvalue weighted by molar-refractivity contribution is 0.0704. The lowest BCUT2D eigenvalue weighted by Crippen LogP contribution is -2.38. The topological polar surface area (TPSA) is 66.7 Å². The first-order valence-corrected chi connectivity index (χ1v) is 9.94. The molecule has 2 fully saturated rings. The molecule has 2 saturated heterocycles. The number of carbonyl (C=O) groups excluding carboxylic acids is 2. The summed E-state index contributed by atoms with van der Waals surface area (Å²) in [5, 5.41) is 0. The molecule has 1 aromatic carbocycles. The van der Waals surface area contributed by atoms with Gasteiger partial charge in [0.1, 0.15) is 17.4 Å². The second kappa shape index (κ2) is 7.93. The largest absolute Gasteiger partial charge is 0.445 e. The van der Waals surface area contributed by atoms with E-state index in [2.05, 4.69) is 4.98 Å². The number of rotatable bonds is 3. The van der Waals surface area contributed by atoms with Crippen LogP contribution in [0.1, 0.15) is 64.1 Å². The number of halogens is 2.